The van der Waals surface area contributed by atoms with E-state index in [-0.39, 0.29) is 0 Å². The van der Waals surface area contributed by atoms with E-state index in [2.05, 4.69) is 29.7 Å². The molecule has 4 rings (SSSR count). The van der Waals surface area contributed by atoms with E-state index < -0.39 is 0 Å². The van der Waals surface area contributed by atoms with Gasteiger partial charge in [0.05, 0.1) is 6.04 Å². The van der Waals surface area contributed by atoms with Crippen molar-refractivity contribution in [2.24, 2.45) is 5.92 Å². The Morgan fingerprint density at radius 3 is 2.50 bits per heavy atom. The highest BCUT2D eigenvalue weighted by molar-refractivity contribution is 5.43. The molecule has 2 unspecified atom stereocenters. The highest BCUT2D eigenvalue weighted by atomic mass is 15.3. The van der Waals surface area contributed by atoms with E-state index in [0.29, 0.717) is 6.04 Å². The lowest BCUT2D eigenvalue weighted by atomic mass is 9.92. The molecule has 2 fully saturated rings. The van der Waals surface area contributed by atoms with Crippen molar-refractivity contribution in [1.82, 2.24) is 19.9 Å². The number of nitrogens with zero attached hydrogens (tertiary/aromatic N) is 6. The van der Waals surface area contributed by atoms with Gasteiger partial charge in [0, 0.05) is 37.2 Å². The lowest BCUT2D eigenvalue weighted by Crippen LogP contribution is -2.49. The van der Waals surface area contributed by atoms with Crippen LogP contribution in [-0.2, 0) is 0 Å². The molecule has 2 saturated heterocycles. The van der Waals surface area contributed by atoms with Gasteiger partial charge in [-0.3, -0.25) is 0 Å². The molecule has 0 saturated carbocycles. The zero-order valence-electron chi connectivity index (χ0n) is 14.6. The van der Waals surface area contributed by atoms with Crippen LogP contribution in [-0.4, -0.2) is 45.6 Å². The summed E-state index contributed by atoms with van der Waals surface area (Å²) in [6, 6.07) is 4.52. The molecule has 0 spiro atoms. The summed E-state index contributed by atoms with van der Waals surface area (Å²) in [5, 5.41) is 0. The number of rotatable bonds is 2. The van der Waals surface area contributed by atoms with E-state index >= 15 is 0 Å². The van der Waals surface area contributed by atoms with Crippen LogP contribution in [0.5, 0.6) is 0 Å². The lowest BCUT2D eigenvalue weighted by molar-refractivity contribution is 0.387. The van der Waals surface area contributed by atoms with Crippen molar-refractivity contribution >= 4 is 11.8 Å². The molecule has 6 nitrogen and oxygen atoms in total. The zero-order valence-corrected chi connectivity index (χ0v) is 14.6. The molecular weight excluding hydrogens is 300 g/mol. The first kappa shape index (κ1) is 15.3. The van der Waals surface area contributed by atoms with Crippen molar-refractivity contribution in [3.8, 4) is 0 Å². The third-order valence-electron chi connectivity index (χ3n) is 5.18. The van der Waals surface area contributed by atoms with Crippen molar-refractivity contribution in [2.45, 2.75) is 39.7 Å². The molecule has 0 N–H and O–H groups in total. The number of piperidine rings is 1. The van der Waals surface area contributed by atoms with Crippen LogP contribution >= 0.6 is 0 Å². The normalized spacial score (nSPS) is 23.5. The van der Waals surface area contributed by atoms with E-state index in [9.17, 15) is 0 Å². The molecule has 2 aromatic heterocycles. The fraction of sp³-hybridized carbons (Fsp3) is 0.556. The van der Waals surface area contributed by atoms with Crippen LogP contribution in [0.25, 0.3) is 0 Å². The predicted molar refractivity (Wildman–Crippen MR) is 94.3 cm³/mol. The van der Waals surface area contributed by atoms with Crippen molar-refractivity contribution in [1.29, 1.82) is 0 Å². The summed E-state index contributed by atoms with van der Waals surface area (Å²) in [5.41, 5.74) is 2.08. The van der Waals surface area contributed by atoms with Crippen LogP contribution < -0.4 is 9.80 Å². The van der Waals surface area contributed by atoms with Crippen LogP contribution in [0.1, 0.15) is 30.1 Å². The topological polar surface area (TPSA) is 58.0 Å². The van der Waals surface area contributed by atoms with Gasteiger partial charge in [0.1, 0.15) is 11.6 Å². The Hall–Kier alpha value is -2.24. The molecule has 24 heavy (non-hydrogen) atoms. The summed E-state index contributed by atoms with van der Waals surface area (Å²) in [6.45, 7) is 9.14. The molecule has 2 aliphatic rings. The van der Waals surface area contributed by atoms with Crippen LogP contribution in [0.15, 0.2) is 18.3 Å². The summed E-state index contributed by atoms with van der Waals surface area (Å²) in [6.07, 6.45) is 4.29. The molecule has 0 aliphatic carbocycles. The quantitative estimate of drug-likeness (QED) is 0.845. The minimum Gasteiger partial charge on any atom is -0.354 e. The first-order chi connectivity index (χ1) is 11.6. The number of fused-ring (bicyclic) bond motifs is 1. The first-order valence-corrected chi connectivity index (χ1v) is 8.73. The lowest BCUT2D eigenvalue weighted by Gasteiger charge is -2.39. The Bertz CT molecular complexity index is 726. The molecule has 0 aromatic carbocycles. The maximum atomic E-state index is 4.69. The van der Waals surface area contributed by atoms with E-state index in [0.717, 1.165) is 54.5 Å². The van der Waals surface area contributed by atoms with Gasteiger partial charge in [0.15, 0.2) is 0 Å². The molecule has 2 aliphatic heterocycles. The number of aryl methyl sites for hydroxylation is 3. The van der Waals surface area contributed by atoms with Gasteiger partial charge in [-0.2, -0.15) is 0 Å². The highest BCUT2D eigenvalue weighted by Crippen LogP contribution is 2.35. The Morgan fingerprint density at radius 1 is 1.00 bits per heavy atom. The van der Waals surface area contributed by atoms with Crippen molar-refractivity contribution in [3.05, 3.63) is 35.5 Å². The summed E-state index contributed by atoms with van der Waals surface area (Å²) < 4.78 is 0. The number of anilines is 2. The molecular formula is C18H24N6. The van der Waals surface area contributed by atoms with Crippen molar-refractivity contribution in [2.75, 3.05) is 29.4 Å². The second kappa shape index (κ2) is 6.00. The molecule has 2 atom stereocenters. The Balaban J connectivity index is 1.59. The van der Waals surface area contributed by atoms with Gasteiger partial charge in [-0.05, 0) is 51.7 Å². The van der Waals surface area contributed by atoms with E-state index in [1.807, 2.05) is 39.1 Å². The van der Waals surface area contributed by atoms with E-state index in [1.54, 1.807) is 0 Å². The monoisotopic (exact) mass is 324 g/mol. The van der Waals surface area contributed by atoms with Gasteiger partial charge in [-0.1, -0.05) is 0 Å². The van der Waals surface area contributed by atoms with Crippen LogP contribution in [0.3, 0.4) is 0 Å². The number of aromatic nitrogens is 4. The van der Waals surface area contributed by atoms with Crippen LogP contribution in [0.2, 0.25) is 0 Å². The second-order valence-corrected chi connectivity index (χ2v) is 6.96. The molecule has 0 amide bonds. The summed E-state index contributed by atoms with van der Waals surface area (Å²) in [7, 11) is 0. The maximum absolute atomic E-state index is 4.69. The third kappa shape index (κ3) is 2.81. The molecule has 6 heteroatoms. The predicted octanol–water partition coefficient (Wildman–Crippen LogP) is 2.30. The average molecular weight is 324 g/mol. The highest BCUT2D eigenvalue weighted by Gasteiger charge is 2.40. The molecule has 4 heterocycles. The van der Waals surface area contributed by atoms with E-state index in [4.69, 9.17) is 0 Å². The smallest absolute Gasteiger partial charge is 0.226 e. The zero-order chi connectivity index (χ0) is 16.7. The standard InChI is InChI=1S/C18H24N6/c1-12-10-13(2)21-18(20-12)24-9-6-15-5-8-23(11-16(15)24)17-4-7-19-14(3)22-17/h4,7,10,15-16H,5-6,8-9,11H2,1-3H3. The third-order valence-corrected chi connectivity index (χ3v) is 5.18. The van der Waals surface area contributed by atoms with Crippen LogP contribution in [0, 0.1) is 26.7 Å². The van der Waals surface area contributed by atoms with Gasteiger partial charge < -0.3 is 9.80 Å². The largest absolute Gasteiger partial charge is 0.354 e. The summed E-state index contributed by atoms with van der Waals surface area (Å²) in [5.74, 6) is 3.49. The van der Waals surface area contributed by atoms with Gasteiger partial charge in [-0.25, -0.2) is 19.9 Å². The second-order valence-electron chi connectivity index (χ2n) is 6.96. The minimum absolute atomic E-state index is 0.468. The fourth-order valence-corrected chi connectivity index (χ4v) is 4.05. The molecule has 0 radical (unpaired) electrons. The average Bonchev–Trinajstić information content (AvgIpc) is 2.97. The van der Waals surface area contributed by atoms with Gasteiger partial charge in [0.25, 0.3) is 0 Å². The Kier molecular flexibility index (Phi) is 3.82. The Labute approximate surface area is 143 Å². The molecule has 2 aromatic rings. The Morgan fingerprint density at radius 2 is 1.75 bits per heavy atom. The van der Waals surface area contributed by atoms with Crippen molar-refractivity contribution in [3.63, 3.8) is 0 Å². The van der Waals surface area contributed by atoms with E-state index in [1.165, 1.54) is 12.8 Å². The van der Waals surface area contributed by atoms with Crippen LogP contribution in [0.4, 0.5) is 11.8 Å². The molecule has 126 valence electrons. The van der Waals surface area contributed by atoms with Gasteiger partial charge >= 0.3 is 0 Å². The summed E-state index contributed by atoms with van der Waals surface area (Å²) >= 11 is 0. The first-order valence-electron chi connectivity index (χ1n) is 8.73. The van der Waals surface area contributed by atoms with Crippen molar-refractivity contribution < 1.29 is 0 Å². The summed E-state index contributed by atoms with van der Waals surface area (Å²) in [4.78, 5) is 23.0. The minimum atomic E-state index is 0.468. The van der Waals surface area contributed by atoms with Gasteiger partial charge in [0.2, 0.25) is 5.95 Å². The fourth-order valence-electron chi connectivity index (χ4n) is 4.05. The SMILES string of the molecule is Cc1cc(C)nc(N2CCC3CCN(c4ccnc(C)n4)CC32)n1. The number of hydrogen-bond acceptors (Lipinski definition) is 6. The number of hydrogen-bond donors (Lipinski definition) is 0. The van der Waals surface area contributed by atoms with Gasteiger partial charge in [-0.15, -0.1) is 0 Å². The molecule has 0 bridgehead atoms. The maximum Gasteiger partial charge on any atom is 0.226 e.